The molecule has 1 aromatic carbocycles. The summed E-state index contributed by atoms with van der Waals surface area (Å²) < 4.78 is 0. The van der Waals surface area contributed by atoms with Crippen LogP contribution in [0.15, 0.2) is 24.3 Å². The summed E-state index contributed by atoms with van der Waals surface area (Å²) in [5, 5.41) is 15.8. The highest BCUT2D eigenvalue weighted by Gasteiger charge is 2.40. The molecule has 128 valence electrons. The van der Waals surface area contributed by atoms with Crippen LogP contribution in [-0.4, -0.2) is 28.2 Å². The molecule has 0 unspecified atom stereocenters. The second kappa shape index (κ2) is 7.17. The standard InChI is InChI=1S/C17H20N4OS.ClH/c1-10-20-21-17(23-10)19-16(22)12-5-2-4-11(8-12)14-9-15(14)18-13-6-3-7-13;/h2,4-5,8,13-15,18H,3,6-7,9H2,1H3,(H,19,21,22);1H/t14-,15+;/m0./s1. The van der Waals surface area contributed by atoms with Crippen molar-refractivity contribution in [3.05, 3.63) is 40.4 Å². The number of aryl methyl sites for hydroxylation is 1. The molecule has 2 aliphatic rings. The fourth-order valence-electron chi connectivity index (χ4n) is 3.05. The molecule has 1 amide bonds. The normalized spacial score (nSPS) is 22.4. The van der Waals surface area contributed by atoms with E-state index in [2.05, 4.69) is 26.9 Å². The number of anilines is 1. The van der Waals surface area contributed by atoms with Crippen LogP contribution in [0.1, 0.15) is 52.5 Å². The molecule has 0 bridgehead atoms. The van der Waals surface area contributed by atoms with Gasteiger partial charge in [0.15, 0.2) is 0 Å². The van der Waals surface area contributed by atoms with E-state index in [-0.39, 0.29) is 18.3 Å². The summed E-state index contributed by atoms with van der Waals surface area (Å²) >= 11 is 1.39. The third-order valence-corrected chi connectivity index (χ3v) is 5.42. The van der Waals surface area contributed by atoms with Gasteiger partial charge in [0.05, 0.1) is 0 Å². The zero-order chi connectivity index (χ0) is 15.8. The van der Waals surface area contributed by atoms with Crippen LogP contribution in [0, 0.1) is 6.92 Å². The molecule has 0 saturated heterocycles. The van der Waals surface area contributed by atoms with Crippen LogP contribution in [0.2, 0.25) is 0 Å². The Morgan fingerprint density at radius 1 is 1.29 bits per heavy atom. The van der Waals surface area contributed by atoms with Crippen molar-refractivity contribution < 1.29 is 4.79 Å². The molecule has 2 saturated carbocycles. The maximum Gasteiger partial charge on any atom is 0.257 e. The molecule has 2 fully saturated rings. The number of hydrogen-bond donors (Lipinski definition) is 2. The second-order valence-electron chi connectivity index (χ2n) is 6.45. The molecule has 0 aliphatic heterocycles. The first-order chi connectivity index (χ1) is 11.2. The monoisotopic (exact) mass is 364 g/mol. The molecule has 2 atom stereocenters. The summed E-state index contributed by atoms with van der Waals surface area (Å²) in [6, 6.07) is 9.26. The van der Waals surface area contributed by atoms with Crippen molar-refractivity contribution in [2.45, 2.75) is 50.6 Å². The van der Waals surface area contributed by atoms with E-state index >= 15 is 0 Å². The quantitative estimate of drug-likeness (QED) is 0.851. The van der Waals surface area contributed by atoms with E-state index < -0.39 is 0 Å². The fraction of sp³-hybridized carbons (Fsp3) is 0.471. The van der Waals surface area contributed by atoms with Crippen molar-refractivity contribution in [1.82, 2.24) is 15.5 Å². The predicted octanol–water partition coefficient (Wildman–Crippen LogP) is 3.52. The minimum absolute atomic E-state index is 0. The van der Waals surface area contributed by atoms with E-state index in [1.165, 1.54) is 42.6 Å². The zero-order valence-corrected chi connectivity index (χ0v) is 15.1. The van der Waals surface area contributed by atoms with Gasteiger partial charge in [-0.15, -0.1) is 22.6 Å². The number of carbonyl (C=O) groups is 1. The first-order valence-electron chi connectivity index (χ1n) is 8.16. The summed E-state index contributed by atoms with van der Waals surface area (Å²) in [5.41, 5.74) is 1.94. The largest absolute Gasteiger partial charge is 0.311 e. The van der Waals surface area contributed by atoms with Gasteiger partial charge >= 0.3 is 0 Å². The molecule has 7 heteroatoms. The third-order valence-electron chi connectivity index (χ3n) is 4.67. The number of nitrogens with one attached hydrogen (secondary N) is 2. The Labute approximate surface area is 151 Å². The Hall–Kier alpha value is -1.50. The Morgan fingerprint density at radius 2 is 2.12 bits per heavy atom. The predicted molar refractivity (Wildman–Crippen MR) is 98.2 cm³/mol. The van der Waals surface area contributed by atoms with Crippen molar-refractivity contribution >= 4 is 34.8 Å². The van der Waals surface area contributed by atoms with E-state index in [1.54, 1.807) is 0 Å². The SMILES string of the molecule is Cc1nnc(NC(=O)c2cccc([C@@H]3C[C@H]3NC3CCC3)c2)s1.Cl. The first kappa shape index (κ1) is 17.3. The van der Waals surface area contributed by atoms with E-state index in [4.69, 9.17) is 0 Å². The number of aromatic nitrogens is 2. The van der Waals surface area contributed by atoms with Gasteiger partial charge in [-0.3, -0.25) is 10.1 Å². The topological polar surface area (TPSA) is 66.9 Å². The van der Waals surface area contributed by atoms with Gasteiger partial charge in [0.2, 0.25) is 5.13 Å². The van der Waals surface area contributed by atoms with Gasteiger partial charge < -0.3 is 5.32 Å². The van der Waals surface area contributed by atoms with Gasteiger partial charge in [-0.1, -0.05) is 29.9 Å². The molecule has 4 rings (SSSR count). The summed E-state index contributed by atoms with van der Waals surface area (Å²) in [5.74, 6) is 0.430. The smallest absolute Gasteiger partial charge is 0.257 e. The van der Waals surface area contributed by atoms with Gasteiger partial charge in [0, 0.05) is 23.6 Å². The van der Waals surface area contributed by atoms with Crippen LogP contribution in [0.3, 0.4) is 0 Å². The molecule has 2 aliphatic carbocycles. The van der Waals surface area contributed by atoms with Crippen LogP contribution in [0.5, 0.6) is 0 Å². The summed E-state index contributed by atoms with van der Waals surface area (Å²) in [6.07, 6.45) is 5.16. The number of nitrogens with zero attached hydrogens (tertiary/aromatic N) is 2. The van der Waals surface area contributed by atoms with Crippen molar-refractivity contribution in [1.29, 1.82) is 0 Å². The summed E-state index contributed by atoms with van der Waals surface area (Å²) in [7, 11) is 0. The molecular weight excluding hydrogens is 344 g/mol. The van der Waals surface area contributed by atoms with Crippen molar-refractivity contribution in [3.63, 3.8) is 0 Å². The number of benzene rings is 1. The van der Waals surface area contributed by atoms with Gasteiger partial charge in [-0.05, 0) is 43.9 Å². The summed E-state index contributed by atoms with van der Waals surface area (Å²) in [4.78, 5) is 12.3. The lowest BCUT2D eigenvalue weighted by Gasteiger charge is -2.26. The molecule has 1 heterocycles. The van der Waals surface area contributed by atoms with Crippen LogP contribution < -0.4 is 10.6 Å². The number of hydrogen-bond acceptors (Lipinski definition) is 5. The van der Waals surface area contributed by atoms with Crippen molar-refractivity contribution in [2.24, 2.45) is 0 Å². The van der Waals surface area contributed by atoms with Gasteiger partial charge in [0.25, 0.3) is 5.91 Å². The van der Waals surface area contributed by atoms with Gasteiger partial charge in [0.1, 0.15) is 5.01 Å². The van der Waals surface area contributed by atoms with Gasteiger partial charge in [-0.25, -0.2) is 0 Å². The lowest BCUT2D eigenvalue weighted by Crippen LogP contribution is -2.37. The number of carbonyl (C=O) groups excluding carboxylic acids is 1. The number of amides is 1. The highest BCUT2D eigenvalue weighted by Crippen LogP contribution is 2.42. The van der Waals surface area contributed by atoms with Crippen LogP contribution in [0.25, 0.3) is 0 Å². The highest BCUT2D eigenvalue weighted by atomic mass is 35.5. The summed E-state index contributed by atoms with van der Waals surface area (Å²) in [6.45, 7) is 1.87. The van der Waals surface area contributed by atoms with E-state index in [0.717, 1.165) is 11.0 Å². The zero-order valence-electron chi connectivity index (χ0n) is 13.5. The Balaban J connectivity index is 0.00000169. The lowest BCUT2D eigenvalue weighted by atomic mass is 9.93. The molecule has 24 heavy (non-hydrogen) atoms. The molecule has 5 nitrogen and oxygen atoms in total. The van der Waals surface area contributed by atoms with E-state index in [1.807, 2.05) is 25.1 Å². The molecule has 0 spiro atoms. The van der Waals surface area contributed by atoms with Crippen molar-refractivity contribution in [3.8, 4) is 0 Å². The highest BCUT2D eigenvalue weighted by molar-refractivity contribution is 7.15. The average Bonchev–Trinajstić information content (AvgIpc) is 3.17. The number of rotatable bonds is 5. The van der Waals surface area contributed by atoms with E-state index in [9.17, 15) is 4.79 Å². The lowest BCUT2D eigenvalue weighted by molar-refractivity contribution is 0.102. The van der Waals surface area contributed by atoms with Crippen LogP contribution >= 0.6 is 23.7 Å². The maximum absolute atomic E-state index is 12.3. The van der Waals surface area contributed by atoms with E-state index in [0.29, 0.717) is 22.7 Å². The minimum atomic E-state index is -0.118. The molecule has 0 radical (unpaired) electrons. The average molecular weight is 365 g/mol. The van der Waals surface area contributed by atoms with Crippen molar-refractivity contribution in [2.75, 3.05) is 5.32 Å². The molecule has 2 N–H and O–H groups in total. The maximum atomic E-state index is 12.3. The van der Waals surface area contributed by atoms with Crippen LogP contribution in [0.4, 0.5) is 5.13 Å². The third kappa shape index (κ3) is 3.77. The molecule has 2 aromatic rings. The van der Waals surface area contributed by atoms with Gasteiger partial charge in [-0.2, -0.15) is 0 Å². The molecule has 1 aromatic heterocycles. The number of halogens is 1. The minimum Gasteiger partial charge on any atom is -0.311 e. The van der Waals surface area contributed by atoms with Crippen LogP contribution in [-0.2, 0) is 0 Å². The fourth-order valence-corrected chi connectivity index (χ4v) is 3.64. The second-order valence-corrected chi connectivity index (χ2v) is 7.63. The Kier molecular flexibility index (Phi) is 5.18. The molecular formula is C17H21ClN4OS. The Morgan fingerprint density at radius 3 is 2.79 bits per heavy atom. The Bertz CT molecular complexity index is 731. The first-order valence-corrected chi connectivity index (χ1v) is 8.98.